The molecule has 0 aliphatic carbocycles. The smallest absolute Gasteiger partial charge is 0.101 e. The number of nitrogens with one attached hydrogen (secondary N) is 1. The zero-order valence-corrected chi connectivity index (χ0v) is 12.5. The summed E-state index contributed by atoms with van der Waals surface area (Å²) in [6.07, 6.45) is -0.428. The highest BCUT2D eigenvalue weighted by molar-refractivity contribution is 9.10. The molecule has 0 aliphatic heterocycles. The maximum atomic E-state index is 9.99. The first-order chi connectivity index (χ1) is 8.66. The quantitative estimate of drug-likeness (QED) is 0.873. The first kappa shape index (κ1) is 13.7. The van der Waals surface area contributed by atoms with Gasteiger partial charge < -0.3 is 10.4 Å². The van der Waals surface area contributed by atoms with Crippen molar-refractivity contribution in [3.8, 4) is 0 Å². The van der Waals surface area contributed by atoms with E-state index < -0.39 is 6.10 Å². The molecule has 2 aromatic rings. The molecule has 0 amide bonds. The number of aliphatic hydroxyl groups is 1. The number of thiophene rings is 1. The number of halogens is 1. The molecular formula is C14H16BrNOS. The van der Waals surface area contributed by atoms with Crippen LogP contribution in [0.25, 0.3) is 0 Å². The maximum Gasteiger partial charge on any atom is 0.101 e. The lowest BCUT2D eigenvalue weighted by Gasteiger charge is -2.17. The molecule has 96 valence electrons. The Balaban J connectivity index is 1.88. The lowest BCUT2D eigenvalue weighted by atomic mass is 10.1. The molecule has 18 heavy (non-hydrogen) atoms. The minimum atomic E-state index is -0.428. The summed E-state index contributed by atoms with van der Waals surface area (Å²) >= 11 is 5.01. The van der Waals surface area contributed by atoms with Crippen LogP contribution in [0.3, 0.4) is 0 Å². The van der Waals surface area contributed by atoms with Crippen LogP contribution < -0.4 is 5.32 Å². The Hall–Kier alpha value is -0.680. The van der Waals surface area contributed by atoms with Crippen LogP contribution in [0.5, 0.6) is 0 Å². The van der Waals surface area contributed by atoms with Gasteiger partial charge in [-0.15, -0.1) is 11.3 Å². The van der Waals surface area contributed by atoms with Gasteiger partial charge >= 0.3 is 0 Å². The summed E-state index contributed by atoms with van der Waals surface area (Å²) in [6.45, 7) is 2.67. The topological polar surface area (TPSA) is 32.3 Å². The molecule has 0 fully saturated rings. The molecular weight excluding hydrogens is 310 g/mol. The van der Waals surface area contributed by atoms with Gasteiger partial charge in [-0.2, -0.15) is 0 Å². The third-order valence-corrected chi connectivity index (χ3v) is 4.36. The van der Waals surface area contributed by atoms with Crippen LogP contribution in [0, 0.1) is 0 Å². The molecule has 2 rings (SSSR count). The summed E-state index contributed by atoms with van der Waals surface area (Å²) in [7, 11) is 0. The first-order valence-corrected chi connectivity index (χ1v) is 7.54. The third kappa shape index (κ3) is 3.65. The zero-order valence-electron chi connectivity index (χ0n) is 10.1. The van der Waals surface area contributed by atoms with Gasteiger partial charge in [-0.25, -0.2) is 0 Å². The van der Waals surface area contributed by atoms with Crippen molar-refractivity contribution in [2.75, 3.05) is 6.54 Å². The Morgan fingerprint density at radius 3 is 2.61 bits per heavy atom. The van der Waals surface area contributed by atoms with Crippen molar-refractivity contribution in [2.45, 2.75) is 19.1 Å². The Labute approximate surface area is 120 Å². The molecule has 4 heteroatoms. The van der Waals surface area contributed by atoms with Crippen molar-refractivity contribution in [1.29, 1.82) is 0 Å². The van der Waals surface area contributed by atoms with Crippen LogP contribution in [0.1, 0.15) is 29.5 Å². The molecule has 0 bridgehead atoms. The minimum absolute atomic E-state index is 0.229. The van der Waals surface area contributed by atoms with E-state index in [0.717, 1.165) is 9.35 Å². The number of benzene rings is 1. The van der Waals surface area contributed by atoms with Crippen molar-refractivity contribution in [3.05, 3.63) is 56.7 Å². The van der Waals surface area contributed by atoms with E-state index in [-0.39, 0.29) is 6.04 Å². The lowest BCUT2D eigenvalue weighted by molar-refractivity contribution is 0.174. The second kappa shape index (κ2) is 6.48. The normalized spacial score (nSPS) is 14.4. The Morgan fingerprint density at radius 1 is 1.28 bits per heavy atom. The van der Waals surface area contributed by atoms with Gasteiger partial charge in [0.1, 0.15) is 6.10 Å². The standard InChI is InChI=1S/C14H16BrNOS/c1-10(11-4-6-12(15)7-5-11)16-9-13(17)14-3-2-8-18-14/h2-8,10,13,16-17H,9H2,1H3/t10-,13?/m1/s1. The van der Waals surface area contributed by atoms with Crippen molar-refractivity contribution in [1.82, 2.24) is 5.32 Å². The Bertz CT molecular complexity index is 469. The van der Waals surface area contributed by atoms with Gasteiger partial charge in [-0.3, -0.25) is 0 Å². The average Bonchev–Trinajstić information content (AvgIpc) is 2.90. The molecule has 1 unspecified atom stereocenters. The van der Waals surface area contributed by atoms with Crippen molar-refractivity contribution >= 4 is 27.3 Å². The number of hydrogen-bond acceptors (Lipinski definition) is 3. The van der Waals surface area contributed by atoms with E-state index in [2.05, 4.69) is 40.3 Å². The number of aliphatic hydroxyl groups excluding tert-OH is 1. The molecule has 2 atom stereocenters. The van der Waals surface area contributed by atoms with Crippen molar-refractivity contribution < 1.29 is 5.11 Å². The van der Waals surface area contributed by atoms with Gasteiger partial charge in [0, 0.05) is 21.9 Å². The number of rotatable bonds is 5. The molecule has 0 saturated carbocycles. The highest BCUT2D eigenvalue weighted by Gasteiger charge is 2.11. The number of hydrogen-bond donors (Lipinski definition) is 2. The van der Waals surface area contributed by atoms with Crippen LogP contribution in [0.15, 0.2) is 46.3 Å². The zero-order chi connectivity index (χ0) is 13.0. The van der Waals surface area contributed by atoms with Crippen LogP contribution in [-0.4, -0.2) is 11.7 Å². The summed E-state index contributed by atoms with van der Waals surface area (Å²) in [5.74, 6) is 0. The molecule has 0 radical (unpaired) electrons. The molecule has 0 spiro atoms. The largest absolute Gasteiger partial charge is 0.386 e. The second-order valence-corrected chi connectivity index (χ2v) is 6.11. The summed E-state index contributed by atoms with van der Waals surface area (Å²) in [5.41, 5.74) is 1.22. The Morgan fingerprint density at radius 2 is 2.00 bits per heavy atom. The molecule has 1 aromatic heterocycles. The van der Waals surface area contributed by atoms with E-state index in [9.17, 15) is 5.11 Å². The summed E-state index contributed by atoms with van der Waals surface area (Å²) in [5, 5.41) is 15.3. The van der Waals surface area contributed by atoms with Crippen molar-refractivity contribution in [3.63, 3.8) is 0 Å². The van der Waals surface area contributed by atoms with Gasteiger partial charge in [0.15, 0.2) is 0 Å². The summed E-state index contributed by atoms with van der Waals surface area (Å²) < 4.78 is 1.08. The highest BCUT2D eigenvalue weighted by atomic mass is 79.9. The lowest BCUT2D eigenvalue weighted by Crippen LogP contribution is -2.24. The van der Waals surface area contributed by atoms with Gasteiger partial charge in [-0.1, -0.05) is 34.1 Å². The van der Waals surface area contributed by atoms with Gasteiger partial charge in [0.05, 0.1) is 0 Å². The van der Waals surface area contributed by atoms with Gasteiger partial charge in [0.2, 0.25) is 0 Å². The predicted octanol–water partition coefficient (Wildman–Crippen LogP) is 3.89. The molecule has 0 saturated heterocycles. The van der Waals surface area contributed by atoms with E-state index >= 15 is 0 Å². The van der Waals surface area contributed by atoms with Crippen molar-refractivity contribution in [2.24, 2.45) is 0 Å². The third-order valence-electron chi connectivity index (χ3n) is 2.86. The molecule has 2 N–H and O–H groups in total. The monoisotopic (exact) mass is 325 g/mol. The first-order valence-electron chi connectivity index (χ1n) is 5.87. The molecule has 1 heterocycles. The Kier molecular flexibility index (Phi) is 4.95. The van der Waals surface area contributed by atoms with Crippen LogP contribution in [0.2, 0.25) is 0 Å². The van der Waals surface area contributed by atoms with Crippen LogP contribution >= 0.6 is 27.3 Å². The van der Waals surface area contributed by atoms with E-state index in [1.54, 1.807) is 11.3 Å². The molecule has 1 aromatic carbocycles. The van der Waals surface area contributed by atoms with E-state index in [0.29, 0.717) is 6.54 Å². The second-order valence-electron chi connectivity index (χ2n) is 4.21. The SMILES string of the molecule is C[C@@H](NCC(O)c1cccs1)c1ccc(Br)cc1. The highest BCUT2D eigenvalue weighted by Crippen LogP contribution is 2.20. The predicted molar refractivity (Wildman–Crippen MR) is 79.8 cm³/mol. The van der Waals surface area contributed by atoms with E-state index in [1.807, 2.05) is 29.6 Å². The minimum Gasteiger partial charge on any atom is -0.386 e. The van der Waals surface area contributed by atoms with Crippen LogP contribution in [-0.2, 0) is 0 Å². The fourth-order valence-corrected chi connectivity index (χ4v) is 2.72. The van der Waals surface area contributed by atoms with Gasteiger partial charge in [-0.05, 0) is 36.1 Å². The summed E-state index contributed by atoms with van der Waals surface area (Å²) in [6, 6.07) is 12.4. The van der Waals surface area contributed by atoms with E-state index in [1.165, 1.54) is 5.56 Å². The molecule has 0 aliphatic rings. The average molecular weight is 326 g/mol. The maximum absolute atomic E-state index is 9.99. The van der Waals surface area contributed by atoms with E-state index in [4.69, 9.17) is 0 Å². The molecule has 2 nitrogen and oxygen atoms in total. The summed E-state index contributed by atoms with van der Waals surface area (Å²) in [4.78, 5) is 1.01. The fraction of sp³-hybridized carbons (Fsp3) is 0.286. The van der Waals surface area contributed by atoms with Crippen LogP contribution in [0.4, 0.5) is 0 Å². The fourth-order valence-electron chi connectivity index (χ4n) is 1.74. The van der Waals surface area contributed by atoms with Gasteiger partial charge in [0.25, 0.3) is 0 Å².